The summed E-state index contributed by atoms with van der Waals surface area (Å²) in [6, 6.07) is 5.23. The van der Waals surface area contributed by atoms with Crippen LogP contribution in [0.2, 0.25) is 0 Å². The summed E-state index contributed by atoms with van der Waals surface area (Å²) in [4.78, 5) is 20.6. The van der Waals surface area contributed by atoms with E-state index < -0.39 is 11.0 Å². The number of aromatic amines is 1. The Morgan fingerprint density at radius 2 is 1.78 bits per heavy atom. The maximum atomic E-state index is 10.8. The normalized spacial score (nSPS) is 16.9. The van der Waals surface area contributed by atoms with E-state index in [1.54, 1.807) is 24.3 Å². The lowest BCUT2D eigenvalue weighted by atomic mass is 9.98. The minimum absolute atomic E-state index is 0.00982. The molecule has 116 valence electrons. The Kier molecular flexibility index (Phi) is 3.67. The van der Waals surface area contributed by atoms with Crippen molar-refractivity contribution in [1.82, 2.24) is 15.4 Å². The average Bonchev–Trinajstić information content (AvgIpc) is 3.04. The van der Waals surface area contributed by atoms with Gasteiger partial charge in [0.15, 0.2) is 0 Å². The predicted molar refractivity (Wildman–Crippen MR) is 81.0 cm³/mol. The number of hydrogen-bond acceptors (Lipinski definition) is 6. The molecule has 1 aliphatic rings. The first-order valence-electron chi connectivity index (χ1n) is 6.74. The zero-order chi connectivity index (χ0) is 16.4. The van der Waals surface area contributed by atoms with Crippen LogP contribution >= 0.6 is 0 Å². The summed E-state index contributed by atoms with van der Waals surface area (Å²) in [7, 11) is 0. The fraction of sp³-hybridized carbons (Fsp3) is 0.143. The van der Waals surface area contributed by atoms with Crippen LogP contribution in [0.25, 0.3) is 16.8 Å². The topological polar surface area (TPSA) is 128 Å². The molecule has 0 saturated carbocycles. The van der Waals surface area contributed by atoms with Crippen molar-refractivity contribution in [3.05, 3.63) is 68.4 Å². The lowest BCUT2D eigenvalue weighted by Gasteiger charge is -2.09. The van der Waals surface area contributed by atoms with E-state index in [0.717, 1.165) is 5.57 Å². The second kappa shape index (κ2) is 5.79. The van der Waals surface area contributed by atoms with Gasteiger partial charge >= 0.3 is 0 Å². The summed E-state index contributed by atoms with van der Waals surface area (Å²) in [6.07, 6.45) is 5.18. The van der Waals surface area contributed by atoms with Crippen LogP contribution in [0.15, 0.2) is 42.5 Å². The number of nitrogens with one attached hydrogen (secondary N) is 1. The molecule has 9 heteroatoms. The Balaban J connectivity index is 1.90. The molecule has 3 rings (SSSR count). The van der Waals surface area contributed by atoms with Crippen LogP contribution in [0.4, 0.5) is 5.69 Å². The van der Waals surface area contributed by atoms with Crippen molar-refractivity contribution in [2.45, 2.75) is 12.5 Å². The van der Waals surface area contributed by atoms with Gasteiger partial charge in [-0.15, -0.1) is 0 Å². The number of aromatic nitrogens is 3. The van der Waals surface area contributed by atoms with Crippen molar-refractivity contribution in [3.8, 4) is 11.3 Å². The van der Waals surface area contributed by atoms with E-state index in [9.17, 15) is 20.2 Å². The fourth-order valence-corrected chi connectivity index (χ4v) is 2.32. The lowest BCUT2D eigenvalue weighted by Crippen LogP contribution is -2.17. The first-order chi connectivity index (χ1) is 11.1. The molecular formula is C14H11N5O4. The molecule has 1 atom stereocenters. The van der Waals surface area contributed by atoms with E-state index in [1.165, 1.54) is 18.2 Å². The standard InChI is InChI=1S/C14H11N5O4/c20-18(21)11-5-1-9(2-6-11)13-14(16-17-15-13)10-3-7-12(8-4-10)19(22)23/h1-7,12H,8H2,(H,15,16,17). The molecule has 0 radical (unpaired) electrons. The summed E-state index contributed by atoms with van der Waals surface area (Å²) in [5.74, 6) is 0. The summed E-state index contributed by atoms with van der Waals surface area (Å²) >= 11 is 0. The predicted octanol–water partition coefficient (Wildman–Crippen LogP) is 2.37. The van der Waals surface area contributed by atoms with E-state index >= 15 is 0 Å². The lowest BCUT2D eigenvalue weighted by molar-refractivity contribution is -0.508. The molecule has 0 fully saturated rings. The van der Waals surface area contributed by atoms with Gasteiger partial charge < -0.3 is 0 Å². The van der Waals surface area contributed by atoms with Crippen molar-refractivity contribution >= 4 is 11.3 Å². The molecule has 1 heterocycles. The molecule has 0 bridgehead atoms. The summed E-state index contributed by atoms with van der Waals surface area (Å²) in [6.45, 7) is 0. The largest absolute Gasteiger partial charge is 0.269 e. The van der Waals surface area contributed by atoms with Crippen LogP contribution in [0.5, 0.6) is 0 Å². The zero-order valence-electron chi connectivity index (χ0n) is 11.7. The van der Waals surface area contributed by atoms with E-state index in [0.29, 0.717) is 17.0 Å². The third-order valence-corrected chi connectivity index (χ3v) is 3.52. The number of hydrogen-bond donors (Lipinski definition) is 1. The van der Waals surface area contributed by atoms with Crippen molar-refractivity contribution in [1.29, 1.82) is 0 Å². The Bertz CT molecular complexity index is 822. The van der Waals surface area contributed by atoms with E-state index in [1.807, 2.05) is 0 Å². The van der Waals surface area contributed by atoms with Gasteiger partial charge in [0.1, 0.15) is 11.4 Å². The van der Waals surface area contributed by atoms with Gasteiger partial charge in [-0.1, -0.05) is 12.2 Å². The zero-order valence-corrected chi connectivity index (χ0v) is 11.7. The SMILES string of the molecule is O=[N+]([O-])c1ccc(-c2n[nH]nc2C2=CCC([N+](=O)[O-])C=C2)cc1. The average molecular weight is 313 g/mol. The van der Waals surface area contributed by atoms with Crippen molar-refractivity contribution in [3.63, 3.8) is 0 Å². The van der Waals surface area contributed by atoms with Gasteiger partial charge in [0.25, 0.3) is 5.69 Å². The van der Waals surface area contributed by atoms with Gasteiger partial charge in [-0.25, -0.2) is 0 Å². The number of rotatable bonds is 4. The molecule has 1 aromatic carbocycles. The molecular weight excluding hydrogens is 302 g/mol. The van der Waals surface area contributed by atoms with Crippen molar-refractivity contribution in [2.24, 2.45) is 0 Å². The third-order valence-electron chi connectivity index (χ3n) is 3.52. The minimum atomic E-state index is -0.728. The highest BCUT2D eigenvalue weighted by molar-refractivity contribution is 5.82. The second-order valence-corrected chi connectivity index (χ2v) is 4.93. The van der Waals surface area contributed by atoms with Crippen LogP contribution in [0.1, 0.15) is 12.1 Å². The van der Waals surface area contributed by atoms with Crippen LogP contribution < -0.4 is 0 Å². The van der Waals surface area contributed by atoms with Gasteiger partial charge in [-0.3, -0.25) is 20.2 Å². The number of H-pyrrole nitrogens is 1. The summed E-state index contributed by atoms with van der Waals surface area (Å²) in [5.41, 5.74) is 2.48. The Morgan fingerprint density at radius 3 is 2.35 bits per heavy atom. The number of non-ortho nitro benzene ring substituents is 1. The van der Waals surface area contributed by atoms with Gasteiger partial charge in [-0.05, 0) is 18.2 Å². The highest BCUT2D eigenvalue weighted by Crippen LogP contribution is 2.29. The smallest absolute Gasteiger partial charge is 0.264 e. The first-order valence-corrected chi connectivity index (χ1v) is 6.74. The van der Waals surface area contributed by atoms with Crippen molar-refractivity contribution in [2.75, 3.05) is 0 Å². The summed E-state index contributed by atoms with van der Waals surface area (Å²) in [5, 5.41) is 32.1. The molecule has 0 saturated heterocycles. The number of nitrogens with zero attached hydrogens (tertiary/aromatic N) is 4. The van der Waals surface area contributed by atoms with E-state index in [-0.39, 0.29) is 17.0 Å². The van der Waals surface area contributed by atoms with Crippen LogP contribution in [0, 0.1) is 20.2 Å². The Labute approximate surface area is 129 Å². The van der Waals surface area contributed by atoms with Crippen LogP contribution in [-0.2, 0) is 0 Å². The van der Waals surface area contributed by atoms with Gasteiger partial charge in [-0.2, -0.15) is 15.4 Å². The van der Waals surface area contributed by atoms with Crippen LogP contribution in [-0.4, -0.2) is 31.3 Å². The molecule has 0 spiro atoms. The molecule has 1 aliphatic carbocycles. The van der Waals surface area contributed by atoms with Crippen molar-refractivity contribution < 1.29 is 9.85 Å². The fourth-order valence-electron chi connectivity index (χ4n) is 2.32. The molecule has 0 aliphatic heterocycles. The van der Waals surface area contributed by atoms with Crippen LogP contribution in [0.3, 0.4) is 0 Å². The van der Waals surface area contributed by atoms with E-state index in [4.69, 9.17) is 0 Å². The quantitative estimate of drug-likeness (QED) is 0.681. The van der Waals surface area contributed by atoms with Gasteiger partial charge in [0.05, 0.1) is 4.92 Å². The number of benzene rings is 1. The minimum Gasteiger partial charge on any atom is -0.264 e. The molecule has 1 N–H and O–H groups in total. The van der Waals surface area contributed by atoms with Gasteiger partial charge in [0, 0.05) is 34.6 Å². The molecule has 9 nitrogen and oxygen atoms in total. The number of nitro groups is 2. The highest BCUT2D eigenvalue weighted by Gasteiger charge is 2.21. The molecule has 2 aromatic rings. The van der Waals surface area contributed by atoms with Gasteiger partial charge in [0.2, 0.25) is 6.04 Å². The monoisotopic (exact) mass is 313 g/mol. The molecule has 0 amide bonds. The second-order valence-electron chi connectivity index (χ2n) is 4.93. The third kappa shape index (κ3) is 2.84. The number of nitro benzene ring substituents is 1. The highest BCUT2D eigenvalue weighted by atomic mass is 16.6. The Morgan fingerprint density at radius 1 is 1.09 bits per heavy atom. The Hall–Kier alpha value is -3.36. The molecule has 23 heavy (non-hydrogen) atoms. The maximum absolute atomic E-state index is 10.8. The van der Waals surface area contributed by atoms with E-state index in [2.05, 4.69) is 15.4 Å². The first kappa shape index (κ1) is 14.6. The number of allylic oxidation sites excluding steroid dienone is 2. The maximum Gasteiger partial charge on any atom is 0.269 e. The molecule has 1 aromatic heterocycles. The summed E-state index contributed by atoms with van der Waals surface area (Å²) < 4.78 is 0. The molecule has 1 unspecified atom stereocenters.